The van der Waals surface area contributed by atoms with Crippen molar-refractivity contribution in [1.82, 2.24) is 20.9 Å². The van der Waals surface area contributed by atoms with Gasteiger partial charge in [0.05, 0.1) is 30.5 Å². The quantitative estimate of drug-likeness (QED) is 0.419. The van der Waals surface area contributed by atoms with Crippen molar-refractivity contribution in [2.75, 3.05) is 13.2 Å². The summed E-state index contributed by atoms with van der Waals surface area (Å²) in [5.41, 5.74) is 1.13. The van der Waals surface area contributed by atoms with Crippen LogP contribution in [-0.4, -0.2) is 42.0 Å². The van der Waals surface area contributed by atoms with E-state index in [0.717, 1.165) is 10.5 Å². The third kappa shape index (κ3) is 4.59. The lowest BCUT2D eigenvalue weighted by atomic mass is 9.91. The fourth-order valence-corrected chi connectivity index (χ4v) is 4.30. The van der Waals surface area contributed by atoms with Crippen LogP contribution in [0.25, 0.3) is 0 Å². The minimum Gasteiger partial charge on any atom is -0.463 e. The molecule has 4 rings (SSSR count). The van der Waals surface area contributed by atoms with E-state index < -0.39 is 35.5 Å². The number of urea groups is 2. The van der Waals surface area contributed by atoms with Crippen molar-refractivity contribution in [1.29, 1.82) is 0 Å². The Kier molecular flexibility index (Phi) is 6.53. The highest BCUT2D eigenvalue weighted by Gasteiger charge is 2.50. The molecule has 0 bridgehead atoms. The van der Waals surface area contributed by atoms with Crippen molar-refractivity contribution in [3.63, 3.8) is 0 Å². The molecule has 3 N–H and O–H groups in total. The first-order valence-electron chi connectivity index (χ1n) is 11.1. The molecule has 0 spiro atoms. The summed E-state index contributed by atoms with van der Waals surface area (Å²) < 4.78 is 5.24. The molecule has 1 fully saturated rings. The Morgan fingerprint density at radius 2 is 1.74 bits per heavy atom. The van der Waals surface area contributed by atoms with Crippen LogP contribution in [0, 0.1) is 6.92 Å². The molecule has 2 aliphatic heterocycles. The number of benzene rings is 2. The normalized spacial score (nSPS) is 22.0. The van der Waals surface area contributed by atoms with Crippen LogP contribution in [0.5, 0.6) is 0 Å². The van der Waals surface area contributed by atoms with Gasteiger partial charge in [0.25, 0.3) is 5.91 Å². The number of ether oxygens (including phenoxy) is 1. The maximum atomic E-state index is 13.4. The molecule has 9 nitrogen and oxygen atoms in total. The Morgan fingerprint density at radius 1 is 1.09 bits per heavy atom. The number of esters is 1. The van der Waals surface area contributed by atoms with Gasteiger partial charge in [-0.25, -0.2) is 14.4 Å². The summed E-state index contributed by atoms with van der Waals surface area (Å²) in [6.07, 6.45) is 0. The number of carbonyl (C=O) groups is 4. The molecule has 0 aliphatic carbocycles. The van der Waals surface area contributed by atoms with Crippen molar-refractivity contribution >= 4 is 35.5 Å². The molecule has 182 valence electrons. The number of imide groups is 1. The van der Waals surface area contributed by atoms with Crippen LogP contribution in [-0.2, 0) is 19.9 Å². The summed E-state index contributed by atoms with van der Waals surface area (Å²) in [6.45, 7) is 4.99. The van der Waals surface area contributed by atoms with E-state index in [4.69, 9.17) is 16.3 Å². The molecule has 2 atom stereocenters. The van der Waals surface area contributed by atoms with Gasteiger partial charge in [0.1, 0.15) is 5.54 Å². The summed E-state index contributed by atoms with van der Waals surface area (Å²) in [5.74, 6) is -1.18. The third-order valence-corrected chi connectivity index (χ3v) is 6.32. The Hall–Kier alpha value is -3.85. The SMILES string of the molecule is CCOC(=O)C1=C(CN2C(=O)NC(C)(c3ccc(C)cc3)C2=O)NC(=O)NC1c1ccc(Cl)cc1. The van der Waals surface area contributed by atoms with Gasteiger partial charge in [-0.15, -0.1) is 0 Å². The van der Waals surface area contributed by atoms with Gasteiger partial charge in [-0.2, -0.15) is 0 Å². The number of halogens is 1. The van der Waals surface area contributed by atoms with Gasteiger partial charge in [0.15, 0.2) is 0 Å². The summed E-state index contributed by atoms with van der Waals surface area (Å²) in [5, 5.41) is 8.53. The zero-order chi connectivity index (χ0) is 25.3. The third-order valence-electron chi connectivity index (χ3n) is 6.07. The number of nitrogens with zero attached hydrogens (tertiary/aromatic N) is 1. The summed E-state index contributed by atoms with van der Waals surface area (Å²) >= 11 is 6.00. The number of rotatable bonds is 6. The molecule has 5 amide bonds. The molecule has 0 radical (unpaired) electrons. The molecular weight excluding hydrogens is 472 g/mol. The molecule has 1 saturated heterocycles. The zero-order valence-electron chi connectivity index (χ0n) is 19.5. The van der Waals surface area contributed by atoms with E-state index in [2.05, 4.69) is 16.0 Å². The Bertz CT molecular complexity index is 1230. The lowest BCUT2D eigenvalue weighted by molar-refractivity contribution is -0.139. The molecule has 0 saturated carbocycles. The molecular formula is C25H25ClN4O5. The van der Waals surface area contributed by atoms with E-state index in [0.29, 0.717) is 16.1 Å². The fraction of sp³-hybridized carbons (Fsp3) is 0.280. The van der Waals surface area contributed by atoms with Gasteiger partial charge in [-0.1, -0.05) is 53.6 Å². The number of amides is 5. The maximum Gasteiger partial charge on any atom is 0.338 e. The number of hydrogen-bond donors (Lipinski definition) is 3. The second kappa shape index (κ2) is 9.42. The lowest BCUT2D eigenvalue weighted by Gasteiger charge is -2.30. The van der Waals surface area contributed by atoms with Gasteiger partial charge >= 0.3 is 18.0 Å². The Morgan fingerprint density at radius 3 is 2.37 bits per heavy atom. The van der Waals surface area contributed by atoms with Gasteiger partial charge in [0.2, 0.25) is 0 Å². The monoisotopic (exact) mass is 496 g/mol. The van der Waals surface area contributed by atoms with E-state index in [1.165, 1.54) is 0 Å². The molecule has 10 heteroatoms. The number of hydrogen-bond acceptors (Lipinski definition) is 5. The summed E-state index contributed by atoms with van der Waals surface area (Å²) in [4.78, 5) is 52.8. The standard InChI is InChI=1S/C25H25ClN4O5/c1-4-35-21(31)19-18(27-23(33)28-20(19)15-7-11-17(26)12-8-15)13-30-22(32)25(3,29-24(30)34)16-9-5-14(2)6-10-16/h5-12,20H,4,13H2,1-3H3,(H,29,34)(H2,27,28,33). The lowest BCUT2D eigenvalue weighted by Crippen LogP contribution is -2.49. The molecule has 2 aromatic carbocycles. The average Bonchev–Trinajstić information content (AvgIpc) is 3.03. The average molecular weight is 497 g/mol. The van der Waals surface area contributed by atoms with Crippen LogP contribution in [0.4, 0.5) is 9.59 Å². The highest BCUT2D eigenvalue weighted by molar-refractivity contribution is 6.30. The van der Waals surface area contributed by atoms with Crippen LogP contribution in [0.15, 0.2) is 59.8 Å². The molecule has 2 heterocycles. The van der Waals surface area contributed by atoms with Crippen molar-refractivity contribution in [3.8, 4) is 0 Å². The van der Waals surface area contributed by atoms with Gasteiger partial charge in [0, 0.05) is 5.02 Å². The first-order valence-corrected chi connectivity index (χ1v) is 11.5. The molecule has 35 heavy (non-hydrogen) atoms. The summed E-state index contributed by atoms with van der Waals surface area (Å²) in [7, 11) is 0. The topological polar surface area (TPSA) is 117 Å². The Labute approximate surface area is 207 Å². The maximum absolute atomic E-state index is 13.4. The van der Waals surface area contributed by atoms with E-state index in [1.54, 1.807) is 50.2 Å². The van der Waals surface area contributed by atoms with Gasteiger partial charge in [-0.3, -0.25) is 9.69 Å². The largest absolute Gasteiger partial charge is 0.463 e. The fourth-order valence-electron chi connectivity index (χ4n) is 4.18. The van der Waals surface area contributed by atoms with Gasteiger partial charge in [-0.05, 0) is 44.0 Å². The summed E-state index contributed by atoms with van der Waals surface area (Å²) in [6, 6.07) is 11.8. The van der Waals surface area contributed by atoms with Crippen LogP contribution in [0.3, 0.4) is 0 Å². The van der Waals surface area contributed by atoms with Crippen LogP contribution >= 0.6 is 11.6 Å². The molecule has 2 aromatic rings. The molecule has 2 aliphatic rings. The number of nitrogens with one attached hydrogen (secondary N) is 3. The van der Waals surface area contributed by atoms with Crippen LogP contribution < -0.4 is 16.0 Å². The second-order valence-electron chi connectivity index (χ2n) is 8.51. The van der Waals surface area contributed by atoms with Crippen molar-refractivity contribution < 1.29 is 23.9 Å². The highest BCUT2D eigenvalue weighted by atomic mass is 35.5. The first-order chi connectivity index (χ1) is 16.6. The van der Waals surface area contributed by atoms with Crippen LogP contribution in [0.1, 0.15) is 36.6 Å². The van der Waals surface area contributed by atoms with Crippen molar-refractivity contribution in [2.24, 2.45) is 0 Å². The zero-order valence-corrected chi connectivity index (χ0v) is 20.2. The number of aryl methyl sites for hydroxylation is 1. The van der Waals surface area contributed by atoms with Crippen LogP contribution in [0.2, 0.25) is 5.02 Å². The second-order valence-corrected chi connectivity index (χ2v) is 8.94. The smallest absolute Gasteiger partial charge is 0.338 e. The van der Waals surface area contributed by atoms with E-state index in [9.17, 15) is 19.2 Å². The molecule has 2 unspecified atom stereocenters. The predicted molar refractivity (Wildman–Crippen MR) is 128 cm³/mol. The predicted octanol–water partition coefficient (Wildman–Crippen LogP) is 3.29. The van der Waals surface area contributed by atoms with Crippen molar-refractivity contribution in [2.45, 2.75) is 32.4 Å². The van der Waals surface area contributed by atoms with E-state index in [-0.39, 0.29) is 24.4 Å². The highest BCUT2D eigenvalue weighted by Crippen LogP contribution is 2.32. The van der Waals surface area contributed by atoms with Gasteiger partial charge < -0.3 is 20.7 Å². The minimum absolute atomic E-state index is 0.0957. The number of carbonyl (C=O) groups excluding carboxylic acids is 4. The van der Waals surface area contributed by atoms with E-state index in [1.807, 2.05) is 19.1 Å². The van der Waals surface area contributed by atoms with Crippen molar-refractivity contribution in [3.05, 3.63) is 81.5 Å². The molecule has 0 aromatic heterocycles. The first kappa shape index (κ1) is 24.3. The Balaban J connectivity index is 1.73. The minimum atomic E-state index is -1.29. The van der Waals surface area contributed by atoms with E-state index >= 15 is 0 Å².